The number of H-pyrrole nitrogens is 1. The standard InChI is InChI=1S/C17H17F4N3O3/c1-9(11-5-4-10(7-12(11)18)27-17(19,20)21)6-14(25)13-8-15(26)23-16(22-13)24(2)3/h4-5,7-9H,6H2,1-3H3,(H,22,23,26)/t9-/m0/s1. The van der Waals surface area contributed by atoms with Gasteiger partial charge in [-0.3, -0.25) is 14.6 Å². The van der Waals surface area contributed by atoms with Crippen LogP contribution in [-0.4, -0.2) is 36.2 Å². The first-order valence-electron chi connectivity index (χ1n) is 7.83. The number of hydrogen-bond acceptors (Lipinski definition) is 5. The zero-order chi connectivity index (χ0) is 20.4. The summed E-state index contributed by atoms with van der Waals surface area (Å²) in [5, 5.41) is 0. The number of ketones is 1. The van der Waals surface area contributed by atoms with Crippen molar-refractivity contribution in [3.63, 3.8) is 0 Å². The number of ether oxygens (including phenoxy) is 1. The Kier molecular flexibility index (Phi) is 5.87. The predicted molar refractivity (Wildman–Crippen MR) is 89.6 cm³/mol. The van der Waals surface area contributed by atoms with Crippen LogP contribution in [0.4, 0.5) is 23.5 Å². The molecule has 0 aliphatic rings. The number of carbonyl (C=O) groups is 1. The average molecular weight is 387 g/mol. The van der Waals surface area contributed by atoms with E-state index in [2.05, 4.69) is 14.7 Å². The van der Waals surface area contributed by atoms with Crippen molar-refractivity contribution >= 4 is 11.7 Å². The van der Waals surface area contributed by atoms with Crippen LogP contribution in [0.2, 0.25) is 0 Å². The van der Waals surface area contributed by atoms with Crippen molar-refractivity contribution in [3.8, 4) is 5.75 Å². The minimum atomic E-state index is -4.92. The Balaban J connectivity index is 2.18. The highest BCUT2D eigenvalue weighted by atomic mass is 19.4. The predicted octanol–water partition coefficient (Wildman–Crippen LogP) is 3.25. The van der Waals surface area contributed by atoms with Gasteiger partial charge in [-0.15, -0.1) is 13.2 Å². The number of nitrogens with one attached hydrogen (secondary N) is 1. The van der Waals surface area contributed by atoms with Crippen LogP contribution in [0.1, 0.15) is 35.3 Å². The van der Waals surface area contributed by atoms with Crippen LogP contribution in [0.25, 0.3) is 0 Å². The fraction of sp³-hybridized carbons (Fsp3) is 0.353. The van der Waals surface area contributed by atoms with Crippen molar-refractivity contribution in [2.75, 3.05) is 19.0 Å². The second-order valence-electron chi connectivity index (χ2n) is 6.11. The van der Waals surface area contributed by atoms with E-state index in [1.165, 1.54) is 4.90 Å². The maximum absolute atomic E-state index is 14.1. The lowest BCUT2D eigenvalue weighted by atomic mass is 9.94. The summed E-state index contributed by atoms with van der Waals surface area (Å²) >= 11 is 0. The van der Waals surface area contributed by atoms with Gasteiger partial charge in [0.05, 0.1) is 0 Å². The van der Waals surface area contributed by atoms with Crippen molar-refractivity contribution < 1.29 is 27.1 Å². The average Bonchev–Trinajstić information content (AvgIpc) is 2.52. The monoisotopic (exact) mass is 387 g/mol. The molecule has 2 aromatic rings. The second-order valence-corrected chi connectivity index (χ2v) is 6.11. The van der Waals surface area contributed by atoms with Crippen molar-refractivity contribution in [3.05, 3.63) is 51.7 Å². The summed E-state index contributed by atoms with van der Waals surface area (Å²) in [6, 6.07) is 3.76. The normalized spacial score (nSPS) is 12.6. The van der Waals surface area contributed by atoms with Crippen LogP contribution in [0.5, 0.6) is 5.75 Å². The molecule has 0 fully saturated rings. The molecule has 1 atom stereocenters. The summed E-state index contributed by atoms with van der Waals surface area (Å²) in [6.07, 6.45) is -5.11. The van der Waals surface area contributed by atoms with Gasteiger partial charge >= 0.3 is 6.36 Å². The number of nitrogens with zero attached hydrogens (tertiary/aromatic N) is 2. The van der Waals surface area contributed by atoms with E-state index in [-0.39, 0.29) is 23.6 Å². The minimum absolute atomic E-state index is 0.0514. The molecule has 10 heteroatoms. The van der Waals surface area contributed by atoms with E-state index in [0.29, 0.717) is 6.07 Å². The molecule has 1 heterocycles. The molecular formula is C17H17F4N3O3. The molecule has 0 bridgehead atoms. The van der Waals surface area contributed by atoms with Crippen LogP contribution < -0.4 is 15.2 Å². The molecule has 0 aliphatic heterocycles. The third-order valence-corrected chi connectivity index (χ3v) is 3.67. The van der Waals surface area contributed by atoms with Crippen LogP contribution in [0, 0.1) is 5.82 Å². The van der Waals surface area contributed by atoms with Crippen molar-refractivity contribution in [2.45, 2.75) is 25.6 Å². The Morgan fingerprint density at radius 3 is 2.52 bits per heavy atom. The van der Waals surface area contributed by atoms with Gasteiger partial charge in [-0.1, -0.05) is 13.0 Å². The molecule has 6 nitrogen and oxygen atoms in total. The molecule has 0 spiro atoms. The number of anilines is 1. The Morgan fingerprint density at radius 2 is 1.96 bits per heavy atom. The third kappa shape index (κ3) is 5.53. The maximum Gasteiger partial charge on any atom is 0.573 e. The van der Waals surface area contributed by atoms with Crippen LogP contribution in [0.3, 0.4) is 0 Å². The fourth-order valence-electron chi connectivity index (χ4n) is 2.40. The molecule has 1 N–H and O–H groups in total. The second kappa shape index (κ2) is 7.77. The number of aromatic amines is 1. The van der Waals surface area contributed by atoms with Crippen LogP contribution >= 0.6 is 0 Å². The van der Waals surface area contributed by atoms with Crippen LogP contribution in [0.15, 0.2) is 29.1 Å². The summed E-state index contributed by atoms with van der Waals surface area (Å²) in [6.45, 7) is 1.54. The Bertz CT molecular complexity index is 894. The summed E-state index contributed by atoms with van der Waals surface area (Å²) in [5.74, 6) is -2.56. The highest BCUT2D eigenvalue weighted by Gasteiger charge is 2.31. The first kappa shape index (κ1) is 20.4. The minimum Gasteiger partial charge on any atom is -0.406 e. The number of benzene rings is 1. The first-order chi connectivity index (χ1) is 12.5. The van der Waals surface area contributed by atoms with Crippen LogP contribution in [-0.2, 0) is 0 Å². The maximum atomic E-state index is 14.1. The fourth-order valence-corrected chi connectivity index (χ4v) is 2.40. The molecule has 0 radical (unpaired) electrons. The van der Waals surface area contributed by atoms with Crippen molar-refractivity contribution in [1.82, 2.24) is 9.97 Å². The summed E-state index contributed by atoms with van der Waals surface area (Å²) in [4.78, 5) is 32.0. The van der Waals surface area contributed by atoms with E-state index in [4.69, 9.17) is 0 Å². The lowest BCUT2D eigenvalue weighted by Gasteiger charge is -2.15. The van der Waals surface area contributed by atoms with Gasteiger partial charge in [0.15, 0.2) is 5.78 Å². The Labute approximate surface area is 151 Å². The van der Waals surface area contributed by atoms with Gasteiger partial charge in [0, 0.05) is 32.6 Å². The molecule has 1 aromatic carbocycles. The van der Waals surface area contributed by atoms with Gasteiger partial charge in [0.1, 0.15) is 17.3 Å². The summed E-state index contributed by atoms with van der Waals surface area (Å²) in [5.41, 5.74) is -0.535. The Hall–Kier alpha value is -2.91. The molecule has 0 saturated heterocycles. The molecule has 0 saturated carbocycles. The molecule has 27 heavy (non-hydrogen) atoms. The van der Waals surface area contributed by atoms with E-state index in [1.54, 1.807) is 21.0 Å². The quantitative estimate of drug-likeness (QED) is 0.608. The molecule has 146 valence electrons. The zero-order valence-electron chi connectivity index (χ0n) is 14.7. The van der Waals surface area contributed by atoms with Gasteiger partial charge in [-0.2, -0.15) is 0 Å². The van der Waals surface area contributed by atoms with Crippen molar-refractivity contribution in [1.29, 1.82) is 0 Å². The van der Waals surface area contributed by atoms with E-state index < -0.39 is 35.2 Å². The number of hydrogen-bond donors (Lipinski definition) is 1. The molecule has 0 aliphatic carbocycles. The molecule has 2 rings (SSSR count). The topological polar surface area (TPSA) is 75.3 Å². The van der Waals surface area contributed by atoms with Crippen molar-refractivity contribution in [2.24, 2.45) is 0 Å². The number of rotatable bonds is 6. The van der Waals surface area contributed by atoms with Gasteiger partial charge < -0.3 is 9.64 Å². The summed E-state index contributed by atoms with van der Waals surface area (Å²) < 4.78 is 54.3. The van der Waals surface area contributed by atoms with Gasteiger partial charge in [0.25, 0.3) is 5.56 Å². The number of aromatic nitrogens is 2. The number of halogens is 4. The number of alkyl halides is 3. The largest absolute Gasteiger partial charge is 0.573 e. The van der Waals surface area contributed by atoms with Gasteiger partial charge in [-0.05, 0) is 17.5 Å². The molecule has 0 unspecified atom stereocenters. The molecule has 0 amide bonds. The van der Waals surface area contributed by atoms with E-state index >= 15 is 0 Å². The highest BCUT2D eigenvalue weighted by molar-refractivity contribution is 5.94. The van der Waals surface area contributed by atoms with Gasteiger partial charge in [-0.25, -0.2) is 9.37 Å². The van der Waals surface area contributed by atoms with E-state index in [9.17, 15) is 27.2 Å². The number of Topliss-reactive ketones (excluding diaryl/α,β-unsaturated/α-hetero) is 1. The summed E-state index contributed by atoms with van der Waals surface area (Å²) in [7, 11) is 3.27. The zero-order valence-corrected chi connectivity index (χ0v) is 14.7. The van der Waals surface area contributed by atoms with E-state index in [0.717, 1.165) is 18.2 Å². The number of carbonyl (C=O) groups excluding carboxylic acids is 1. The first-order valence-corrected chi connectivity index (χ1v) is 7.83. The molecule has 1 aromatic heterocycles. The SMILES string of the molecule is C[C@@H](CC(=O)c1cc(=O)[nH]c(N(C)C)n1)c1ccc(OC(F)(F)F)cc1F. The molecular weight excluding hydrogens is 370 g/mol. The lowest BCUT2D eigenvalue weighted by molar-refractivity contribution is -0.274. The highest BCUT2D eigenvalue weighted by Crippen LogP contribution is 2.29. The lowest BCUT2D eigenvalue weighted by Crippen LogP contribution is -2.21. The van der Waals surface area contributed by atoms with E-state index in [1.807, 2.05) is 0 Å². The smallest absolute Gasteiger partial charge is 0.406 e. The Morgan fingerprint density at radius 1 is 1.30 bits per heavy atom. The van der Waals surface area contributed by atoms with Gasteiger partial charge in [0.2, 0.25) is 5.95 Å². The third-order valence-electron chi connectivity index (χ3n) is 3.67.